The Kier molecular flexibility index (Phi) is 5.82. The summed E-state index contributed by atoms with van der Waals surface area (Å²) in [5, 5.41) is 2.65. The van der Waals surface area contributed by atoms with Crippen molar-refractivity contribution in [2.75, 3.05) is 6.54 Å². The van der Waals surface area contributed by atoms with Crippen LogP contribution in [0.1, 0.15) is 30.9 Å². The summed E-state index contributed by atoms with van der Waals surface area (Å²) in [4.78, 5) is 25.8. The van der Waals surface area contributed by atoms with Gasteiger partial charge in [-0.1, -0.05) is 43.7 Å². The van der Waals surface area contributed by atoms with Gasteiger partial charge in [-0.05, 0) is 42.3 Å². The fourth-order valence-electron chi connectivity index (χ4n) is 2.32. The third kappa shape index (κ3) is 4.13. The van der Waals surface area contributed by atoms with Gasteiger partial charge in [0.1, 0.15) is 5.57 Å². The quantitative estimate of drug-likeness (QED) is 0.378. The summed E-state index contributed by atoms with van der Waals surface area (Å²) >= 11 is 5.02. The van der Waals surface area contributed by atoms with E-state index in [9.17, 15) is 9.59 Å². The SMILES string of the molecule is C=CCN1C(=O)C(=Cc2ccc(CCCC)cc2)C(=O)NC1=S. The Labute approximate surface area is 141 Å². The van der Waals surface area contributed by atoms with Gasteiger partial charge in [-0.3, -0.25) is 19.8 Å². The highest BCUT2D eigenvalue weighted by Crippen LogP contribution is 2.16. The maximum atomic E-state index is 12.4. The predicted octanol–water partition coefficient (Wildman–Crippen LogP) is 2.84. The van der Waals surface area contributed by atoms with E-state index in [2.05, 4.69) is 18.8 Å². The van der Waals surface area contributed by atoms with Crippen molar-refractivity contribution >= 4 is 35.2 Å². The summed E-state index contributed by atoms with van der Waals surface area (Å²) in [5.74, 6) is -0.857. The van der Waals surface area contributed by atoms with Crippen LogP contribution in [0.3, 0.4) is 0 Å². The smallest absolute Gasteiger partial charge is 0.265 e. The van der Waals surface area contributed by atoms with E-state index in [0.29, 0.717) is 0 Å². The first-order valence-corrected chi connectivity index (χ1v) is 8.06. The zero-order valence-corrected chi connectivity index (χ0v) is 14.0. The number of hydrogen-bond acceptors (Lipinski definition) is 3. The number of amides is 2. The minimum atomic E-state index is -0.463. The van der Waals surface area contributed by atoms with E-state index in [-0.39, 0.29) is 17.2 Å². The lowest BCUT2D eigenvalue weighted by molar-refractivity contribution is -0.128. The molecule has 1 N–H and O–H groups in total. The molecule has 0 radical (unpaired) electrons. The van der Waals surface area contributed by atoms with E-state index in [1.807, 2.05) is 24.3 Å². The summed E-state index contributed by atoms with van der Waals surface area (Å²) in [6.45, 7) is 6.03. The van der Waals surface area contributed by atoms with Crippen molar-refractivity contribution < 1.29 is 9.59 Å². The number of nitrogens with zero attached hydrogens (tertiary/aromatic N) is 1. The summed E-state index contributed by atoms with van der Waals surface area (Å²) in [5.41, 5.74) is 2.15. The van der Waals surface area contributed by atoms with Crippen LogP contribution >= 0.6 is 12.2 Å². The Morgan fingerprint density at radius 3 is 2.57 bits per heavy atom. The van der Waals surface area contributed by atoms with E-state index in [0.717, 1.165) is 24.8 Å². The molecule has 120 valence electrons. The molecule has 0 atom stereocenters. The van der Waals surface area contributed by atoms with Crippen LogP contribution in [-0.4, -0.2) is 28.4 Å². The summed E-state index contributed by atoms with van der Waals surface area (Å²) in [6.07, 6.45) is 6.50. The third-order valence-corrected chi connectivity index (χ3v) is 3.93. The molecule has 4 nitrogen and oxygen atoms in total. The maximum Gasteiger partial charge on any atom is 0.265 e. The molecule has 0 aliphatic carbocycles. The van der Waals surface area contributed by atoms with Crippen LogP contribution < -0.4 is 5.32 Å². The van der Waals surface area contributed by atoms with Crippen LogP contribution in [0.2, 0.25) is 0 Å². The number of carbonyl (C=O) groups is 2. The number of unbranched alkanes of at least 4 members (excludes halogenated alkanes) is 1. The minimum absolute atomic E-state index is 0.0850. The Bertz CT molecular complexity index is 662. The Morgan fingerprint density at radius 1 is 1.26 bits per heavy atom. The molecule has 1 aliphatic rings. The molecule has 0 saturated carbocycles. The van der Waals surface area contributed by atoms with Crippen molar-refractivity contribution in [3.05, 3.63) is 53.6 Å². The number of hydrogen-bond donors (Lipinski definition) is 1. The summed E-state index contributed by atoms with van der Waals surface area (Å²) in [6, 6.07) is 7.89. The van der Waals surface area contributed by atoms with Crippen LogP contribution in [0.15, 0.2) is 42.5 Å². The molecule has 1 saturated heterocycles. The monoisotopic (exact) mass is 328 g/mol. The summed E-state index contributed by atoms with van der Waals surface area (Å²) < 4.78 is 0. The molecule has 2 amide bonds. The normalized spacial score (nSPS) is 16.7. The van der Waals surface area contributed by atoms with Gasteiger partial charge in [-0.25, -0.2) is 0 Å². The van der Waals surface area contributed by atoms with Crippen molar-refractivity contribution in [2.45, 2.75) is 26.2 Å². The average molecular weight is 328 g/mol. The van der Waals surface area contributed by atoms with Gasteiger partial charge in [-0.15, -0.1) is 6.58 Å². The number of carbonyl (C=O) groups excluding carboxylic acids is 2. The number of aryl methyl sites for hydroxylation is 1. The highest BCUT2D eigenvalue weighted by atomic mass is 32.1. The van der Waals surface area contributed by atoms with Gasteiger partial charge in [-0.2, -0.15) is 0 Å². The first kappa shape index (κ1) is 17.1. The first-order chi connectivity index (χ1) is 11.1. The molecule has 1 aromatic rings. The second kappa shape index (κ2) is 7.83. The topological polar surface area (TPSA) is 49.4 Å². The molecular weight excluding hydrogens is 308 g/mol. The van der Waals surface area contributed by atoms with E-state index in [4.69, 9.17) is 12.2 Å². The minimum Gasteiger partial charge on any atom is -0.298 e. The molecule has 1 aromatic carbocycles. The van der Waals surface area contributed by atoms with Crippen molar-refractivity contribution in [1.29, 1.82) is 0 Å². The van der Waals surface area contributed by atoms with Gasteiger partial charge in [0.2, 0.25) is 0 Å². The highest BCUT2D eigenvalue weighted by molar-refractivity contribution is 7.80. The molecule has 1 aliphatic heterocycles. The van der Waals surface area contributed by atoms with Crippen molar-refractivity contribution in [3.63, 3.8) is 0 Å². The van der Waals surface area contributed by atoms with Crippen molar-refractivity contribution in [1.82, 2.24) is 10.2 Å². The number of rotatable bonds is 6. The number of benzene rings is 1. The maximum absolute atomic E-state index is 12.4. The largest absolute Gasteiger partial charge is 0.298 e. The first-order valence-electron chi connectivity index (χ1n) is 7.65. The average Bonchev–Trinajstić information content (AvgIpc) is 2.54. The molecular formula is C18H20N2O2S. The lowest BCUT2D eigenvalue weighted by Crippen LogP contribution is -2.53. The molecule has 5 heteroatoms. The zero-order chi connectivity index (χ0) is 16.8. The van der Waals surface area contributed by atoms with E-state index < -0.39 is 11.8 Å². The van der Waals surface area contributed by atoms with Crippen molar-refractivity contribution in [3.8, 4) is 0 Å². The molecule has 0 bridgehead atoms. The van der Waals surface area contributed by atoms with Gasteiger partial charge in [0.25, 0.3) is 11.8 Å². The van der Waals surface area contributed by atoms with Gasteiger partial charge in [0.15, 0.2) is 5.11 Å². The molecule has 1 fully saturated rings. The second-order valence-corrected chi connectivity index (χ2v) is 5.75. The Hall–Kier alpha value is -2.27. The van der Waals surface area contributed by atoms with Crippen LogP contribution in [0.25, 0.3) is 6.08 Å². The third-order valence-electron chi connectivity index (χ3n) is 3.61. The molecule has 23 heavy (non-hydrogen) atoms. The fraction of sp³-hybridized carbons (Fsp3) is 0.278. The highest BCUT2D eigenvalue weighted by Gasteiger charge is 2.32. The fourth-order valence-corrected chi connectivity index (χ4v) is 2.57. The van der Waals surface area contributed by atoms with Gasteiger partial charge in [0, 0.05) is 6.54 Å². The van der Waals surface area contributed by atoms with Gasteiger partial charge < -0.3 is 0 Å². The predicted molar refractivity (Wildman–Crippen MR) is 95.7 cm³/mol. The van der Waals surface area contributed by atoms with Gasteiger partial charge >= 0.3 is 0 Å². The van der Waals surface area contributed by atoms with Crippen LogP contribution in [0, 0.1) is 0 Å². The lowest BCUT2D eigenvalue weighted by Gasteiger charge is -2.27. The standard InChI is InChI=1S/C18H20N2O2S/c1-3-5-6-13-7-9-14(10-8-13)12-15-16(21)19-18(23)20(11-4-2)17(15)22/h4,7-10,12H,2-3,5-6,11H2,1H3,(H,19,21,23). The number of nitrogens with one attached hydrogen (secondary N) is 1. The molecule has 0 spiro atoms. The molecule has 0 unspecified atom stereocenters. The van der Waals surface area contributed by atoms with E-state index >= 15 is 0 Å². The Balaban J connectivity index is 2.22. The lowest BCUT2D eigenvalue weighted by atomic mass is 10.0. The van der Waals surface area contributed by atoms with E-state index in [1.165, 1.54) is 10.5 Å². The van der Waals surface area contributed by atoms with Crippen molar-refractivity contribution in [2.24, 2.45) is 0 Å². The molecule has 1 heterocycles. The zero-order valence-electron chi connectivity index (χ0n) is 13.2. The van der Waals surface area contributed by atoms with Crippen LogP contribution in [-0.2, 0) is 16.0 Å². The van der Waals surface area contributed by atoms with Crippen LogP contribution in [0.5, 0.6) is 0 Å². The van der Waals surface area contributed by atoms with E-state index in [1.54, 1.807) is 12.2 Å². The van der Waals surface area contributed by atoms with Crippen LogP contribution in [0.4, 0.5) is 0 Å². The molecule has 0 aromatic heterocycles. The Morgan fingerprint density at radius 2 is 1.96 bits per heavy atom. The number of thiocarbonyl (C=S) groups is 1. The molecule has 2 rings (SSSR count). The van der Waals surface area contributed by atoms with Gasteiger partial charge in [0.05, 0.1) is 0 Å². The second-order valence-electron chi connectivity index (χ2n) is 5.37. The summed E-state index contributed by atoms with van der Waals surface area (Å²) in [7, 11) is 0.